The van der Waals surface area contributed by atoms with Gasteiger partial charge in [-0.1, -0.05) is 35.6 Å². The van der Waals surface area contributed by atoms with E-state index in [-0.39, 0.29) is 15.8 Å². The number of nitrogens with one attached hydrogen (secondary N) is 1. The molecule has 2 unspecified atom stereocenters. The number of aliphatic hydroxyl groups is 1. The van der Waals surface area contributed by atoms with Crippen LogP contribution in [0.15, 0.2) is 23.9 Å². The van der Waals surface area contributed by atoms with Gasteiger partial charge in [-0.15, -0.1) is 0 Å². The van der Waals surface area contributed by atoms with Gasteiger partial charge in [0.25, 0.3) is 0 Å². The average Bonchev–Trinajstić information content (AvgIpc) is 3.09. The first kappa shape index (κ1) is 17.3. The van der Waals surface area contributed by atoms with Gasteiger partial charge in [0.1, 0.15) is 0 Å². The highest BCUT2D eigenvalue weighted by molar-refractivity contribution is 14.1. The Morgan fingerprint density at radius 1 is 1.40 bits per heavy atom. The number of aliphatic hydroxyl groups excluding tert-OH is 1. The minimum absolute atomic E-state index is 0.185. The number of H-pyrrole nitrogens is 1. The van der Waals surface area contributed by atoms with Gasteiger partial charge in [-0.2, -0.15) is 18.3 Å². The van der Waals surface area contributed by atoms with Gasteiger partial charge in [0.05, 0.1) is 23.4 Å². The lowest BCUT2D eigenvalue weighted by Crippen LogP contribution is -2.38. The topological polar surface area (TPSA) is 48.9 Å². The quantitative estimate of drug-likeness (QED) is 0.505. The zero-order valence-corrected chi connectivity index (χ0v) is 15.7. The van der Waals surface area contributed by atoms with Crippen molar-refractivity contribution in [2.45, 2.75) is 42.4 Å². The van der Waals surface area contributed by atoms with Crippen LogP contribution in [0.25, 0.3) is 16.5 Å². The Morgan fingerprint density at radius 3 is 2.84 bits per heavy atom. The van der Waals surface area contributed by atoms with Crippen LogP contribution in [0.4, 0.5) is 13.2 Å². The molecule has 25 heavy (non-hydrogen) atoms. The zero-order valence-electron chi connectivity index (χ0n) is 13.6. The molecule has 0 saturated heterocycles. The highest BCUT2D eigenvalue weighted by Crippen LogP contribution is 2.53. The first-order valence-corrected chi connectivity index (χ1v) is 9.60. The molecule has 0 bridgehead atoms. The van der Waals surface area contributed by atoms with Gasteiger partial charge in [-0.3, -0.25) is 5.10 Å². The van der Waals surface area contributed by atoms with Gasteiger partial charge in [0, 0.05) is 9.31 Å². The summed E-state index contributed by atoms with van der Waals surface area (Å²) in [4.78, 5) is 0. The van der Waals surface area contributed by atoms with Crippen LogP contribution >= 0.6 is 22.6 Å². The van der Waals surface area contributed by atoms with E-state index in [1.54, 1.807) is 18.3 Å². The van der Waals surface area contributed by atoms with Gasteiger partial charge in [0.2, 0.25) is 0 Å². The SMILES string of the molecule is CC(I)C[C@@H]1CC2Cc3c(ccc4[nH]ncc34)C2=C(C(F)(F)F)[C@@H]1O. The number of hydrogen-bond donors (Lipinski definition) is 2. The first-order valence-electron chi connectivity index (χ1n) is 8.36. The van der Waals surface area contributed by atoms with Crippen molar-refractivity contribution in [3.05, 3.63) is 35.0 Å². The number of nitrogens with zero attached hydrogens (tertiary/aromatic N) is 1. The molecule has 4 atom stereocenters. The molecule has 2 aromatic rings. The molecule has 2 aliphatic rings. The number of alkyl halides is 4. The maximum absolute atomic E-state index is 13.9. The van der Waals surface area contributed by atoms with E-state index < -0.39 is 17.9 Å². The second-order valence-corrected chi connectivity index (χ2v) is 9.23. The normalized spacial score (nSPS) is 27.5. The number of benzene rings is 1. The number of aromatic amines is 1. The molecule has 1 aromatic heterocycles. The zero-order chi connectivity index (χ0) is 17.9. The molecule has 0 aliphatic heterocycles. The van der Waals surface area contributed by atoms with Crippen molar-refractivity contribution in [2.24, 2.45) is 11.8 Å². The Bertz CT molecular complexity index is 856. The van der Waals surface area contributed by atoms with Crippen molar-refractivity contribution in [3.63, 3.8) is 0 Å². The highest BCUT2D eigenvalue weighted by atomic mass is 127. The Hall–Kier alpha value is -1.09. The van der Waals surface area contributed by atoms with Crippen LogP contribution in [-0.2, 0) is 6.42 Å². The summed E-state index contributed by atoms with van der Waals surface area (Å²) in [5.74, 6) is -0.540. The molecule has 0 spiro atoms. The highest BCUT2D eigenvalue weighted by Gasteiger charge is 2.50. The lowest BCUT2D eigenvalue weighted by atomic mass is 9.73. The molecule has 2 N–H and O–H groups in total. The maximum Gasteiger partial charge on any atom is 0.415 e. The summed E-state index contributed by atoms with van der Waals surface area (Å²) in [5.41, 5.74) is 1.96. The molecule has 0 amide bonds. The first-order chi connectivity index (χ1) is 11.8. The standard InChI is InChI=1S/C18H18F3IN2O/c1-8(22)4-10-5-9-6-12-11(2-3-14-13(12)7-23-24-14)15(9)16(17(10)25)18(19,20)21/h2-3,7-10,17,25H,4-6H2,1H3,(H,23,24)/t8?,9?,10-,17-/m1/s1. The van der Waals surface area contributed by atoms with E-state index in [2.05, 4.69) is 32.8 Å². The van der Waals surface area contributed by atoms with Gasteiger partial charge in [-0.05, 0) is 53.9 Å². The molecule has 0 radical (unpaired) electrons. The van der Waals surface area contributed by atoms with Gasteiger partial charge < -0.3 is 5.11 Å². The molecular formula is C18H18F3IN2O. The van der Waals surface area contributed by atoms with E-state index in [0.29, 0.717) is 30.4 Å². The van der Waals surface area contributed by atoms with E-state index in [9.17, 15) is 18.3 Å². The van der Waals surface area contributed by atoms with E-state index in [1.165, 1.54) is 0 Å². The summed E-state index contributed by atoms with van der Waals surface area (Å²) in [6, 6.07) is 3.51. The number of fused-ring (bicyclic) bond motifs is 5. The molecule has 1 heterocycles. The van der Waals surface area contributed by atoms with E-state index in [4.69, 9.17) is 0 Å². The second kappa shape index (κ2) is 5.97. The molecule has 134 valence electrons. The van der Waals surface area contributed by atoms with Gasteiger partial charge in [-0.25, -0.2) is 0 Å². The molecule has 3 nitrogen and oxygen atoms in total. The third-order valence-corrected chi connectivity index (χ3v) is 5.95. The van der Waals surface area contributed by atoms with E-state index in [1.807, 2.05) is 6.92 Å². The summed E-state index contributed by atoms with van der Waals surface area (Å²) in [7, 11) is 0. The Balaban J connectivity index is 1.90. The summed E-state index contributed by atoms with van der Waals surface area (Å²) >= 11 is 2.21. The smallest absolute Gasteiger partial charge is 0.388 e. The summed E-state index contributed by atoms with van der Waals surface area (Å²) in [6.07, 6.45) is -2.53. The fourth-order valence-corrected chi connectivity index (χ4v) is 5.19. The monoisotopic (exact) mass is 462 g/mol. The van der Waals surface area contributed by atoms with Crippen molar-refractivity contribution < 1.29 is 18.3 Å². The minimum atomic E-state index is -4.52. The lowest BCUT2D eigenvalue weighted by Gasteiger charge is -2.36. The number of aromatic nitrogens is 2. The number of hydrogen-bond acceptors (Lipinski definition) is 2. The molecular weight excluding hydrogens is 444 g/mol. The van der Waals surface area contributed by atoms with Crippen LogP contribution in [0.3, 0.4) is 0 Å². The lowest BCUT2D eigenvalue weighted by molar-refractivity contribution is -0.112. The summed E-state index contributed by atoms with van der Waals surface area (Å²) < 4.78 is 41.8. The van der Waals surface area contributed by atoms with Gasteiger partial charge in [0.15, 0.2) is 0 Å². The largest absolute Gasteiger partial charge is 0.415 e. The predicted molar refractivity (Wildman–Crippen MR) is 98.5 cm³/mol. The molecule has 2 aliphatic carbocycles. The second-order valence-electron chi connectivity index (χ2n) is 7.11. The van der Waals surface area contributed by atoms with Crippen molar-refractivity contribution in [3.8, 4) is 0 Å². The van der Waals surface area contributed by atoms with Crippen LogP contribution in [-0.4, -0.2) is 31.5 Å². The number of allylic oxidation sites excluding steroid dienone is 1. The molecule has 1 aromatic carbocycles. The average molecular weight is 462 g/mol. The van der Waals surface area contributed by atoms with E-state index in [0.717, 1.165) is 16.5 Å². The van der Waals surface area contributed by atoms with Crippen LogP contribution in [0, 0.1) is 11.8 Å². The summed E-state index contributed by atoms with van der Waals surface area (Å²) in [6.45, 7) is 1.97. The van der Waals surface area contributed by atoms with Crippen molar-refractivity contribution in [1.82, 2.24) is 10.2 Å². The van der Waals surface area contributed by atoms with Crippen LogP contribution in [0.2, 0.25) is 0 Å². The molecule has 7 heteroatoms. The third-order valence-electron chi connectivity index (χ3n) is 5.44. The molecule has 0 saturated carbocycles. The molecule has 4 rings (SSSR count). The summed E-state index contributed by atoms with van der Waals surface area (Å²) in [5, 5.41) is 18.3. The number of halogens is 4. The van der Waals surface area contributed by atoms with Crippen LogP contribution in [0.1, 0.15) is 30.9 Å². The van der Waals surface area contributed by atoms with E-state index >= 15 is 0 Å². The van der Waals surface area contributed by atoms with Crippen molar-refractivity contribution in [2.75, 3.05) is 0 Å². The predicted octanol–water partition coefficient (Wildman–Crippen LogP) is 4.65. The van der Waals surface area contributed by atoms with Crippen LogP contribution < -0.4 is 0 Å². The van der Waals surface area contributed by atoms with Crippen molar-refractivity contribution >= 4 is 39.1 Å². The Morgan fingerprint density at radius 2 is 2.16 bits per heavy atom. The Labute approximate surface area is 156 Å². The van der Waals surface area contributed by atoms with Crippen molar-refractivity contribution in [1.29, 1.82) is 0 Å². The fourth-order valence-electron chi connectivity index (χ4n) is 4.53. The fraction of sp³-hybridized carbons (Fsp3) is 0.500. The van der Waals surface area contributed by atoms with Gasteiger partial charge >= 0.3 is 6.18 Å². The maximum atomic E-state index is 13.9. The number of rotatable bonds is 2. The Kier molecular flexibility index (Phi) is 4.14. The third kappa shape index (κ3) is 2.79. The molecule has 0 fully saturated rings. The van der Waals surface area contributed by atoms with Crippen LogP contribution in [0.5, 0.6) is 0 Å². The minimum Gasteiger partial charge on any atom is -0.388 e.